The Morgan fingerprint density at radius 2 is 1.97 bits per heavy atom. The Balaban J connectivity index is 1.70. The van der Waals surface area contributed by atoms with Gasteiger partial charge in [0, 0.05) is 30.9 Å². The van der Waals surface area contributed by atoms with Crippen LogP contribution >= 0.6 is 0 Å². The van der Waals surface area contributed by atoms with Crippen molar-refractivity contribution in [3.05, 3.63) is 77.1 Å². The standard InChI is InChI=1S/C27H32N4O4/c1-5-14-28-27(33)26-23(17-31(6-2)30-26)29-25(32)13-11-20-10-12-24(34-4)21(16-20)18-35-22-9-7-8-19(3)15-22/h7-13,15-17H,5-6,14,18H2,1-4H3,(H,28,33)(H,29,32)/b13-11+. The molecule has 0 aliphatic heterocycles. The van der Waals surface area contributed by atoms with Gasteiger partial charge in [-0.3, -0.25) is 14.3 Å². The predicted octanol–water partition coefficient (Wildman–Crippen LogP) is 4.59. The molecule has 0 radical (unpaired) electrons. The van der Waals surface area contributed by atoms with E-state index in [-0.39, 0.29) is 17.5 Å². The molecule has 0 bridgehead atoms. The lowest BCUT2D eigenvalue weighted by atomic mass is 10.1. The van der Waals surface area contributed by atoms with Crippen molar-refractivity contribution in [2.45, 2.75) is 40.3 Å². The molecule has 1 heterocycles. The van der Waals surface area contributed by atoms with E-state index in [4.69, 9.17) is 9.47 Å². The second kappa shape index (κ2) is 12.4. The fourth-order valence-electron chi connectivity index (χ4n) is 3.39. The molecule has 0 unspecified atom stereocenters. The maximum atomic E-state index is 12.6. The molecule has 0 atom stereocenters. The Labute approximate surface area is 205 Å². The summed E-state index contributed by atoms with van der Waals surface area (Å²) in [6, 6.07) is 13.5. The summed E-state index contributed by atoms with van der Waals surface area (Å²) < 4.78 is 13.0. The highest BCUT2D eigenvalue weighted by atomic mass is 16.5. The average molecular weight is 477 g/mol. The monoisotopic (exact) mass is 476 g/mol. The number of nitrogens with zero attached hydrogens (tertiary/aromatic N) is 2. The Morgan fingerprint density at radius 3 is 2.69 bits per heavy atom. The molecule has 3 rings (SSSR count). The van der Waals surface area contributed by atoms with Gasteiger partial charge >= 0.3 is 0 Å². The lowest BCUT2D eigenvalue weighted by molar-refractivity contribution is -0.111. The second-order valence-electron chi connectivity index (χ2n) is 8.00. The number of hydrogen-bond acceptors (Lipinski definition) is 5. The minimum atomic E-state index is -0.362. The number of ether oxygens (including phenoxy) is 2. The van der Waals surface area contributed by atoms with E-state index in [1.54, 1.807) is 24.1 Å². The fraction of sp³-hybridized carbons (Fsp3) is 0.296. The third-order valence-corrected chi connectivity index (χ3v) is 5.21. The van der Waals surface area contributed by atoms with Crippen LogP contribution < -0.4 is 20.1 Å². The van der Waals surface area contributed by atoms with Crippen molar-refractivity contribution in [1.29, 1.82) is 0 Å². The van der Waals surface area contributed by atoms with E-state index in [0.29, 0.717) is 31.1 Å². The smallest absolute Gasteiger partial charge is 0.273 e. The van der Waals surface area contributed by atoms with Crippen LogP contribution in [0.25, 0.3) is 6.08 Å². The van der Waals surface area contributed by atoms with Crippen LogP contribution in [0, 0.1) is 6.92 Å². The molecule has 2 amide bonds. The summed E-state index contributed by atoms with van der Waals surface area (Å²) in [6.07, 6.45) is 5.58. The van der Waals surface area contributed by atoms with Crippen molar-refractivity contribution in [3.8, 4) is 11.5 Å². The highest BCUT2D eigenvalue weighted by molar-refractivity contribution is 6.06. The fourth-order valence-corrected chi connectivity index (χ4v) is 3.39. The van der Waals surface area contributed by atoms with E-state index < -0.39 is 0 Å². The van der Waals surface area contributed by atoms with E-state index in [2.05, 4.69) is 15.7 Å². The van der Waals surface area contributed by atoms with Gasteiger partial charge in [-0.25, -0.2) is 0 Å². The van der Waals surface area contributed by atoms with Gasteiger partial charge in [-0.05, 0) is 61.7 Å². The molecule has 8 nitrogen and oxygen atoms in total. The number of nitrogens with one attached hydrogen (secondary N) is 2. The first-order valence-electron chi connectivity index (χ1n) is 11.6. The zero-order valence-electron chi connectivity index (χ0n) is 20.6. The van der Waals surface area contributed by atoms with Crippen molar-refractivity contribution in [3.63, 3.8) is 0 Å². The van der Waals surface area contributed by atoms with Crippen LogP contribution in [0.4, 0.5) is 5.69 Å². The van der Waals surface area contributed by atoms with Crippen LogP contribution in [0.2, 0.25) is 0 Å². The molecule has 8 heteroatoms. The quantitative estimate of drug-likeness (QED) is 0.395. The normalized spacial score (nSPS) is 10.9. The molecule has 2 aromatic carbocycles. The summed E-state index contributed by atoms with van der Waals surface area (Å²) in [5.74, 6) is 0.804. The summed E-state index contributed by atoms with van der Waals surface area (Å²) in [6.45, 7) is 7.34. The van der Waals surface area contributed by atoms with Crippen LogP contribution in [0.15, 0.2) is 54.7 Å². The molecule has 35 heavy (non-hydrogen) atoms. The molecule has 1 aromatic heterocycles. The Hall–Kier alpha value is -4.07. The molecule has 0 fully saturated rings. The maximum Gasteiger partial charge on any atom is 0.273 e. The number of carbonyl (C=O) groups is 2. The first kappa shape index (κ1) is 25.6. The number of hydrogen-bond donors (Lipinski definition) is 2. The number of rotatable bonds is 11. The molecule has 0 saturated carbocycles. The van der Waals surface area contributed by atoms with Gasteiger partial charge < -0.3 is 20.1 Å². The summed E-state index contributed by atoms with van der Waals surface area (Å²) in [5, 5.41) is 9.83. The molecule has 0 spiro atoms. The Bertz CT molecular complexity index is 1200. The van der Waals surface area contributed by atoms with Crippen molar-refractivity contribution >= 4 is 23.6 Å². The van der Waals surface area contributed by atoms with E-state index in [1.807, 2.05) is 63.2 Å². The number of carbonyl (C=O) groups excluding carboxylic acids is 2. The highest BCUT2D eigenvalue weighted by Crippen LogP contribution is 2.23. The zero-order chi connectivity index (χ0) is 25.2. The molecular formula is C27H32N4O4. The number of anilines is 1. The Kier molecular flexibility index (Phi) is 9.06. The van der Waals surface area contributed by atoms with Gasteiger partial charge in [0.25, 0.3) is 5.91 Å². The number of benzene rings is 2. The van der Waals surface area contributed by atoms with Crippen LogP contribution in [0.1, 0.15) is 47.4 Å². The van der Waals surface area contributed by atoms with Gasteiger partial charge in [-0.1, -0.05) is 25.1 Å². The van der Waals surface area contributed by atoms with Crippen molar-refractivity contribution in [2.24, 2.45) is 0 Å². The van der Waals surface area contributed by atoms with E-state index in [1.165, 1.54) is 6.08 Å². The number of methoxy groups -OCH3 is 1. The van der Waals surface area contributed by atoms with Crippen LogP contribution in [0.3, 0.4) is 0 Å². The summed E-state index contributed by atoms with van der Waals surface area (Å²) in [7, 11) is 1.61. The largest absolute Gasteiger partial charge is 0.496 e. The zero-order valence-corrected chi connectivity index (χ0v) is 20.6. The minimum Gasteiger partial charge on any atom is -0.496 e. The summed E-state index contributed by atoms with van der Waals surface area (Å²) >= 11 is 0. The molecule has 2 N–H and O–H groups in total. The minimum absolute atomic E-state index is 0.196. The maximum absolute atomic E-state index is 12.6. The van der Waals surface area contributed by atoms with Crippen molar-refractivity contribution in [1.82, 2.24) is 15.1 Å². The van der Waals surface area contributed by atoms with E-state index in [0.717, 1.165) is 28.9 Å². The number of aryl methyl sites for hydroxylation is 2. The summed E-state index contributed by atoms with van der Waals surface area (Å²) in [4.78, 5) is 25.0. The highest BCUT2D eigenvalue weighted by Gasteiger charge is 2.17. The van der Waals surface area contributed by atoms with E-state index in [9.17, 15) is 9.59 Å². The molecule has 0 aliphatic rings. The lowest BCUT2D eigenvalue weighted by Crippen LogP contribution is -2.26. The van der Waals surface area contributed by atoms with Crippen LogP contribution in [0.5, 0.6) is 11.5 Å². The SMILES string of the molecule is CCCNC(=O)c1nn(CC)cc1NC(=O)/C=C/c1ccc(OC)c(COc2cccc(C)c2)c1. The van der Waals surface area contributed by atoms with Crippen LogP contribution in [-0.4, -0.2) is 35.2 Å². The number of amides is 2. The molecule has 184 valence electrons. The van der Waals surface area contributed by atoms with Crippen molar-refractivity contribution < 1.29 is 19.1 Å². The van der Waals surface area contributed by atoms with Gasteiger partial charge in [0.1, 0.15) is 18.1 Å². The van der Waals surface area contributed by atoms with Gasteiger partial charge in [0.2, 0.25) is 5.91 Å². The van der Waals surface area contributed by atoms with E-state index >= 15 is 0 Å². The molecular weight excluding hydrogens is 444 g/mol. The summed E-state index contributed by atoms with van der Waals surface area (Å²) in [5.41, 5.74) is 3.36. The topological polar surface area (TPSA) is 94.5 Å². The first-order valence-corrected chi connectivity index (χ1v) is 11.6. The van der Waals surface area contributed by atoms with Crippen LogP contribution in [-0.2, 0) is 17.9 Å². The third kappa shape index (κ3) is 7.20. The average Bonchev–Trinajstić information content (AvgIpc) is 3.27. The third-order valence-electron chi connectivity index (χ3n) is 5.21. The van der Waals surface area contributed by atoms with Gasteiger partial charge in [0.05, 0.1) is 12.8 Å². The van der Waals surface area contributed by atoms with Gasteiger partial charge in [0.15, 0.2) is 5.69 Å². The van der Waals surface area contributed by atoms with Crippen molar-refractivity contribution in [2.75, 3.05) is 19.0 Å². The predicted molar refractivity (Wildman–Crippen MR) is 137 cm³/mol. The number of aromatic nitrogens is 2. The molecule has 0 saturated heterocycles. The second-order valence-corrected chi connectivity index (χ2v) is 8.00. The van der Waals surface area contributed by atoms with Gasteiger partial charge in [-0.15, -0.1) is 0 Å². The Morgan fingerprint density at radius 1 is 1.14 bits per heavy atom. The van der Waals surface area contributed by atoms with Gasteiger partial charge in [-0.2, -0.15) is 5.10 Å². The first-order chi connectivity index (χ1) is 16.9. The lowest BCUT2D eigenvalue weighted by Gasteiger charge is -2.11. The molecule has 3 aromatic rings. The molecule has 0 aliphatic carbocycles.